The Morgan fingerprint density at radius 2 is 2.20 bits per heavy atom. The average molecular weight is 141 g/mol. The fourth-order valence-corrected chi connectivity index (χ4v) is 0.478. The molecule has 1 rings (SSSR count). The molecule has 0 unspecified atom stereocenters. The molecule has 0 spiro atoms. The molecular formula is C4H3N3O3. The molecular weight excluding hydrogens is 138 g/mol. The van der Waals surface area contributed by atoms with Gasteiger partial charge in [-0.05, 0) is 0 Å². The van der Waals surface area contributed by atoms with Crippen LogP contribution in [0.2, 0.25) is 0 Å². The van der Waals surface area contributed by atoms with Gasteiger partial charge < -0.3 is 5.73 Å². The summed E-state index contributed by atoms with van der Waals surface area (Å²) in [5, 5.41) is 0. The van der Waals surface area contributed by atoms with Gasteiger partial charge in [0.15, 0.2) is 0 Å². The van der Waals surface area contributed by atoms with Gasteiger partial charge in [0.25, 0.3) is 0 Å². The second-order valence-electron chi connectivity index (χ2n) is 1.56. The maximum absolute atomic E-state index is 10.5. The van der Waals surface area contributed by atoms with Crippen LogP contribution in [-0.2, 0) is 9.59 Å². The maximum Gasteiger partial charge on any atom is 0.337 e. The number of hydrogen-bond acceptors (Lipinski definition) is 3. The highest BCUT2D eigenvalue weighted by Gasteiger charge is 2.29. The van der Waals surface area contributed by atoms with Crippen molar-refractivity contribution in [3.63, 3.8) is 0 Å². The van der Waals surface area contributed by atoms with Gasteiger partial charge in [-0.1, -0.05) is 0 Å². The molecule has 1 aliphatic heterocycles. The summed E-state index contributed by atoms with van der Waals surface area (Å²) in [4.78, 5) is 34.5. The van der Waals surface area contributed by atoms with Crippen molar-refractivity contribution in [3.8, 4) is 0 Å². The molecule has 0 fully saturated rings. The molecule has 10 heavy (non-hydrogen) atoms. The number of rotatable bonds is 0. The van der Waals surface area contributed by atoms with E-state index in [1.165, 1.54) is 0 Å². The maximum atomic E-state index is 10.5. The monoisotopic (exact) mass is 141 g/mol. The highest BCUT2D eigenvalue weighted by molar-refractivity contribution is 6.44. The summed E-state index contributed by atoms with van der Waals surface area (Å²) in [7, 11) is 0. The van der Waals surface area contributed by atoms with Crippen molar-refractivity contribution in [2.45, 2.75) is 0 Å². The average Bonchev–Trinajstić information content (AvgIpc) is 2.14. The first-order valence-corrected chi connectivity index (χ1v) is 2.34. The predicted molar refractivity (Wildman–Crippen MR) is 29.9 cm³/mol. The number of primary amides is 1. The lowest BCUT2D eigenvalue weighted by Gasteiger charge is -2.01. The van der Waals surface area contributed by atoms with Crippen LogP contribution in [-0.4, -0.2) is 29.1 Å². The van der Waals surface area contributed by atoms with Crippen LogP contribution in [0.5, 0.6) is 0 Å². The van der Waals surface area contributed by atoms with Crippen LogP contribution in [0.3, 0.4) is 0 Å². The van der Waals surface area contributed by atoms with E-state index in [-0.39, 0.29) is 0 Å². The van der Waals surface area contributed by atoms with Crippen molar-refractivity contribution in [1.82, 2.24) is 4.90 Å². The largest absolute Gasteiger partial charge is 0.351 e. The van der Waals surface area contributed by atoms with E-state index in [1.54, 1.807) is 0 Å². The minimum Gasteiger partial charge on any atom is -0.351 e. The van der Waals surface area contributed by atoms with Crippen molar-refractivity contribution in [1.29, 1.82) is 0 Å². The Kier molecular flexibility index (Phi) is 1.22. The highest BCUT2D eigenvalue weighted by Crippen LogP contribution is 1.95. The molecule has 1 heterocycles. The molecule has 1 aliphatic rings. The van der Waals surface area contributed by atoms with Crippen LogP contribution in [0, 0.1) is 0 Å². The topological polar surface area (TPSA) is 92.8 Å². The number of carbonyl (C=O) groups excluding carboxylic acids is 3. The fourth-order valence-electron chi connectivity index (χ4n) is 0.478. The molecule has 0 radical (unpaired) electrons. The Balaban J connectivity index is 2.86. The summed E-state index contributed by atoms with van der Waals surface area (Å²) in [6.45, 7) is 0. The molecule has 6 heteroatoms. The Morgan fingerprint density at radius 3 is 2.40 bits per heavy atom. The molecule has 52 valence electrons. The zero-order chi connectivity index (χ0) is 7.72. The molecule has 0 aromatic carbocycles. The van der Waals surface area contributed by atoms with E-state index in [4.69, 9.17) is 0 Å². The van der Waals surface area contributed by atoms with Crippen LogP contribution in [0.25, 0.3) is 0 Å². The third kappa shape index (κ3) is 0.750. The second-order valence-corrected chi connectivity index (χ2v) is 1.56. The zero-order valence-electron chi connectivity index (χ0n) is 4.77. The quantitative estimate of drug-likeness (QED) is 0.414. The SMILES string of the molecule is NC(=O)N1C=NC(=O)C1=O. The van der Waals surface area contributed by atoms with Crippen molar-refractivity contribution in [3.05, 3.63) is 0 Å². The molecule has 0 aromatic heterocycles. The highest BCUT2D eigenvalue weighted by atomic mass is 16.2. The van der Waals surface area contributed by atoms with Crippen LogP contribution in [0.4, 0.5) is 4.79 Å². The lowest BCUT2D eigenvalue weighted by atomic mass is 10.6. The lowest BCUT2D eigenvalue weighted by Crippen LogP contribution is -2.38. The minimum absolute atomic E-state index is 0.447. The van der Waals surface area contributed by atoms with E-state index in [0.29, 0.717) is 4.90 Å². The first kappa shape index (κ1) is 6.40. The van der Waals surface area contributed by atoms with Crippen molar-refractivity contribution >= 4 is 24.2 Å². The Labute approximate surface area is 55.3 Å². The van der Waals surface area contributed by atoms with Crippen LogP contribution in [0.15, 0.2) is 4.99 Å². The molecule has 0 bridgehead atoms. The summed E-state index contributed by atoms with van der Waals surface area (Å²) in [5.74, 6) is -1.98. The summed E-state index contributed by atoms with van der Waals surface area (Å²) >= 11 is 0. The van der Waals surface area contributed by atoms with Gasteiger partial charge in [0.05, 0.1) is 0 Å². The minimum atomic E-state index is -1.01. The number of amides is 4. The fraction of sp³-hybridized carbons (Fsp3) is 0. The summed E-state index contributed by atoms with van der Waals surface area (Å²) in [6, 6.07) is -1.00. The van der Waals surface area contributed by atoms with Gasteiger partial charge in [-0.25, -0.2) is 9.69 Å². The zero-order valence-corrected chi connectivity index (χ0v) is 4.77. The molecule has 2 N–H and O–H groups in total. The third-order valence-corrected chi connectivity index (χ3v) is 0.930. The van der Waals surface area contributed by atoms with E-state index < -0.39 is 17.8 Å². The number of aliphatic imine (C=N–C) groups is 1. The van der Waals surface area contributed by atoms with E-state index in [1.807, 2.05) is 0 Å². The van der Waals surface area contributed by atoms with E-state index >= 15 is 0 Å². The number of hydrogen-bond donors (Lipinski definition) is 1. The molecule has 0 saturated carbocycles. The third-order valence-electron chi connectivity index (χ3n) is 0.930. The van der Waals surface area contributed by atoms with Gasteiger partial charge in [-0.3, -0.25) is 9.59 Å². The normalized spacial score (nSPS) is 16.6. The number of imide groups is 1. The van der Waals surface area contributed by atoms with Gasteiger partial charge in [-0.15, -0.1) is 0 Å². The molecule has 0 aliphatic carbocycles. The summed E-state index contributed by atoms with van der Waals surface area (Å²) < 4.78 is 0. The molecule has 6 nitrogen and oxygen atoms in total. The molecule has 4 amide bonds. The standard InChI is InChI=1S/C4H3N3O3/c5-4(10)7-1-6-2(8)3(7)9/h1H,(H2,5,10). The van der Waals surface area contributed by atoms with Gasteiger partial charge in [-0.2, -0.15) is 4.99 Å². The van der Waals surface area contributed by atoms with Gasteiger partial charge >= 0.3 is 17.8 Å². The predicted octanol–water partition coefficient (Wildman–Crippen LogP) is -1.54. The first-order chi connectivity index (χ1) is 4.63. The van der Waals surface area contributed by atoms with Crippen molar-refractivity contribution < 1.29 is 14.4 Å². The molecule has 0 atom stereocenters. The summed E-state index contributed by atoms with van der Waals surface area (Å²) in [6.07, 6.45) is 0.799. The van der Waals surface area contributed by atoms with E-state index in [0.717, 1.165) is 6.34 Å². The van der Waals surface area contributed by atoms with Crippen LogP contribution >= 0.6 is 0 Å². The Bertz CT molecular complexity index is 244. The Hall–Kier alpha value is -1.72. The van der Waals surface area contributed by atoms with E-state index in [9.17, 15) is 14.4 Å². The lowest BCUT2D eigenvalue weighted by molar-refractivity contribution is -0.138. The number of nitrogens with zero attached hydrogens (tertiary/aromatic N) is 2. The number of urea groups is 1. The smallest absolute Gasteiger partial charge is 0.337 e. The summed E-state index contributed by atoms with van der Waals surface area (Å²) in [5.41, 5.74) is 4.67. The Morgan fingerprint density at radius 1 is 1.60 bits per heavy atom. The van der Waals surface area contributed by atoms with Crippen molar-refractivity contribution in [2.75, 3.05) is 0 Å². The number of carbonyl (C=O) groups is 3. The van der Waals surface area contributed by atoms with E-state index in [2.05, 4.69) is 10.7 Å². The molecule has 0 aromatic rings. The van der Waals surface area contributed by atoms with Gasteiger partial charge in [0.1, 0.15) is 6.34 Å². The van der Waals surface area contributed by atoms with Crippen LogP contribution in [0.1, 0.15) is 0 Å². The van der Waals surface area contributed by atoms with Gasteiger partial charge in [0.2, 0.25) is 0 Å². The molecule has 0 saturated heterocycles. The second kappa shape index (κ2) is 1.90. The van der Waals surface area contributed by atoms with Crippen LogP contribution < -0.4 is 5.73 Å². The van der Waals surface area contributed by atoms with Gasteiger partial charge in [0, 0.05) is 0 Å². The first-order valence-electron chi connectivity index (χ1n) is 2.34. The number of nitrogens with two attached hydrogens (primary N) is 1. The van der Waals surface area contributed by atoms with Crippen molar-refractivity contribution in [2.24, 2.45) is 10.7 Å².